The first kappa shape index (κ1) is 27.6. The van der Waals surface area contributed by atoms with Gasteiger partial charge in [-0.25, -0.2) is 4.79 Å². The number of aliphatic imine (C=N–C) groups is 1. The van der Waals surface area contributed by atoms with Crippen LogP contribution in [0.25, 0.3) is 0 Å². The number of rotatable bonds is 10. The van der Waals surface area contributed by atoms with Gasteiger partial charge in [-0.05, 0) is 25.3 Å². The second-order valence-electron chi connectivity index (χ2n) is 8.44. The van der Waals surface area contributed by atoms with Crippen LogP contribution in [0, 0.1) is 22.0 Å². The lowest BCUT2D eigenvalue weighted by Crippen LogP contribution is -2.48. The lowest BCUT2D eigenvalue weighted by molar-refractivity contribution is -0.384. The molecule has 1 aliphatic heterocycles. The van der Waals surface area contributed by atoms with Crippen LogP contribution in [-0.4, -0.2) is 62.0 Å². The summed E-state index contributed by atoms with van der Waals surface area (Å²) in [6.45, 7) is 6.98. The number of ether oxygens (including phenoxy) is 3. The molecule has 3 atom stereocenters. The Labute approximate surface area is 203 Å². The van der Waals surface area contributed by atoms with Crippen LogP contribution in [0.2, 0.25) is 0 Å². The molecule has 35 heavy (non-hydrogen) atoms. The van der Waals surface area contributed by atoms with Crippen molar-refractivity contribution in [3.63, 3.8) is 0 Å². The Hall–Kier alpha value is -3.60. The largest absolute Gasteiger partial charge is 0.468 e. The number of non-ortho nitro benzene ring substituents is 1. The number of nitrogens with one attached hydrogen (secondary N) is 1. The standard InChI is InChI=1S/C24H31N3O8/c1-13(2)21(24(30)35-11-10-33-5)26-22(28)18-14(3)25-15(4)19(23(29)34-6)20(18)16-8-7-9-17(12-16)27(31)32/h7-9,12-13,19-21H,10-11H2,1-6H3,(H,26,28). The van der Waals surface area contributed by atoms with Gasteiger partial charge in [0.1, 0.15) is 18.6 Å². The van der Waals surface area contributed by atoms with E-state index in [1.54, 1.807) is 33.8 Å². The third-order valence-electron chi connectivity index (χ3n) is 5.71. The summed E-state index contributed by atoms with van der Waals surface area (Å²) in [7, 11) is 2.69. The topological polar surface area (TPSA) is 146 Å². The van der Waals surface area contributed by atoms with Crippen molar-refractivity contribution >= 4 is 29.2 Å². The number of nitro benzene ring substituents is 1. The molecular weight excluding hydrogens is 458 g/mol. The first-order chi connectivity index (χ1) is 16.5. The molecule has 0 aliphatic carbocycles. The van der Waals surface area contributed by atoms with Gasteiger partial charge in [0.25, 0.3) is 5.69 Å². The van der Waals surface area contributed by atoms with Crippen molar-refractivity contribution in [2.24, 2.45) is 16.8 Å². The van der Waals surface area contributed by atoms with Gasteiger partial charge in [0.05, 0.1) is 18.6 Å². The van der Waals surface area contributed by atoms with Crippen LogP contribution in [0.3, 0.4) is 0 Å². The summed E-state index contributed by atoms with van der Waals surface area (Å²) >= 11 is 0. The quantitative estimate of drug-likeness (QED) is 0.228. The fraction of sp³-hybridized carbons (Fsp3) is 0.500. The number of nitrogens with zero attached hydrogens (tertiary/aromatic N) is 2. The highest BCUT2D eigenvalue weighted by Gasteiger charge is 2.43. The van der Waals surface area contributed by atoms with Gasteiger partial charge in [-0.15, -0.1) is 0 Å². The van der Waals surface area contributed by atoms with Crippen LogP contribution in [0.4, 0.5) is 5.69 Å². The SMILES string of the molecule is COCCOC(=O)C(NC(=O)C1=C(C)N=C(C)C(C(=O)OC)C1c1cccc([N+](=O)[O-])c1)C(C)C. The molecule has 3 unspecified atom stereocenters. The Morgan fingerprint density at radius 2 is 1.86 bits per heavy atom. The lowest BCUT2D eigenvalue weighted by atomic mass is 9.75. The summed E-state index contributed by atoms with van der Waals surface area (Å²) in [4.78, 5) is 54.2. The number of hydrogen-bond acceptors (Lipinski definition) is 9. The van der Waals surface area contributed by atoms with Crippen molar-refractivity contribution in [2.75, 3.05) is 27.4 Å². The molecule has 1 heterocycles. The van der Waals surface area contributed by atoms with Gasteiger partial charge in [-0.2, -0.15) is 0 Å². The first-order valence-corrected chi connectivity index (χ1v) is 11.1. The van der Waals surface area contributed by atoms with E-state index in [-0.39, 0.29) is 30.4 Å². The molecule has 11 heteroatoms. The average molecular weight is 490 g/mol. The zero-order chi connectivity index (χ0) is 26.3. The molecule has 0 saturated heterocycles. The summed E-state index contributed by atoms with van der Waals surface area (Å²) in [5.74, 6) is -4.12. The molecule has 1 aromatic carbocycles. The van der Waals surface area contributed by atoms with Gasteiger partial charge in [-0.3, -0.25) is 24.7 Å². The number of benzene rings is 1. The van der Waals surface area contributed by atoms with Gasteiger partial charge >= 0.3 is 11.9 Å². The van der Waals surface area contributed by atoms with Crippen molar-refractivity contribution in [1.29, 1.82) is 0 Å². The van der Waals surface area contributed by atoms with E-state index in [1.165, 1.54) is 32.4 Å². The second kappa shape index (κ2) is 12.2. The highest BCUT2D eigenvalue weighted by molar-refractivity contribution is 6.08. The van der Waals surface area contributed by atoms with Crippen LogP contribution in [0.1, 0.15) is 39.2 Å². The lowest BCUT2D eigenvalue weighted by Gasteiger charge is -2.32. The molecule has 0 saturated carbocycles. The van der Waals surface area contributed by atoms with Gasteiger partial charge < -0.3 is 19.5 Å². The fourth-order valence-corrected chi connectivity index (χ4v) is 3.99. The van der Waals surface area contributed by atoms with Crippen molar-refractivity contribution in [3.8, 4) is 0 Å². The molecule has 0 aromatic heterocycles. The third-order valence-corrected chi connectivity index (χ3v) is 5.71. The van der Waals surface area contributed by atoms with Crippen LogP contribution < -0.4 is 5.32 Å². The molecular formula is C24H31N3O8. The zero-order valence-electron chi connectivity index (χ0n) is 20.7. The van der Waals surface area contributed by atoms with E-state index < -0.39 is 40.6 Å². The van der Waals surface area contributed by atoms with Gasteiger partial charge in [0.15, 0.2) is 0 Å². The van der Waals surface area contributed by atoms with Crippen molar-refractivity contribution < 1.29 is 33.5 Å². The van der Waals surface area contributed by atoms with Crippen molar-refractivity contribution in [1.82, 2.24) is 5.32 Å². The van der Waals surface area contributed by atoms with Crippen molar-refractivity contribution in [3.05, 3.63) is 51.2 Å². The molecule has 1 N–H and O–H groups in total. The van der Waals surface area contributed by atoms with Crippen LogP contribution >= 0.6 is 0 Å². The molecule has 0 spiro atoms. The number of nitro groups is 1. The molecule has 11 nitrogen and oxygen atoms in total. The number of hydrogen-bond donors (Lipinski definition) is 1. The minimum atomic E-state index is -0.988. The monoisotopic (exact) mass is 489 g/mol. The molecule has 0 bridgehead atoms. The van der Waals surface area contributed by atoms with E-state index in [1.807, 2.05) is 0 Å². The summed E-state index contributed by atoms with van der Waals surface area (Å²) in [5, 5.41) is 14.1. The highest BCUT2D eigenvalue weighted by atomic mass is 16.6. The van der Waals surface area contributed by atoms with Crippen LogP contribution in [0.15, 0.2) is 40.5 Å². The first-order valence-electron chi connectivity index (χ1n) is 11.1. The maximum atomic E-state index is 13.6. The van der Waals surface area contributed by atoms with Gasteiger partial charge in [0, 0.05) is 42.1 Å². The van der Waals surface area contributed by atoms with Gasteiger partial charge in [0.2, 0.25) is 5.91 Å². The predicted molar refractivity (Wildman–Crippen MR) is 127 cm³/mol. The number of allylic oxidation sites excluding steroid dienone is 1. The number of carbonyl (C=O) groups excluding carboxylic acids is 3. The number of amides is 1. The maximum absolute atomic E-state index is 13.6. The maximum Gasteiger partial charge on any atom is 0.328 e. The van der Waals surface area contributed by atoms with E-state index in [9.17, 15) is 24.5 Å². The molecule has 0 fully saturated rings. The Balaban J connectivity index is 2.54. The van der Waals surface area contributed by atoms with E-state index in [4.69, 9.17) is 14.2 Å². The van der Waals surface area contributed by atoms with Gasteiger partial charge in [-0.1, -0.05) is 26.0 Å². The minimum Gasteiger partial charge on any atom is -0.468 e. The minimum absolute atomic E-state index is 0.0281. The number of carbonyl (C=O) groups is 3. The fourth-order valence-electron chi connectivity index (χ4n) is 3.99. The van der Waals surface area contributed by atoms with E-state index in [0.717, 1.165) is 0 Å². The molecule has 1 aromatic rings. The Morgan fingerprint density at radius 3 is 2.43 bits per heavy atom. The van der Waals surface area contributed by atoms with Crippen molar-refractivity contribution in [2.45, 2.75) is 39.7 Å². The van der Waals surface area contributed by atoms with E-state index in [2.05, 4.69) is 10.3 Å². The predicted octanol–water partition coefficient (Wildman–Crippen LogP) is 2.55. The third kappa shape index (κ3) is 6.50. The van der Waals surface area contributed by atoms with Crippen LogP contribution in [0.5, 0.6) is 0 Å². The summed E-state index contributed by atoms with van der Waals surface area (Å²) in [5.41, 5.74) is 1.03. The summed E-state index contributed by atoms with van der Waals surface area (Å²) < 4.78 is 15.1. The summed E-state index contributed by atoms with van der Waals surface area (Å²) in [6.07, 6.45) is 0. The molecule has 2 rings (SSSR count). The molecule has 1 aliphatic rings. The normalized spacial score (nSPS) is 18.5. The Kier molecular flexibility index (Phi) is 9.64. The highest BCUT2D eigenvalue weighted by Crippen LogP contribution is 2.40. The Morgan fingerprint density at radius 1 is 1.17 bits per heavy atom. The molecule has 0 radical (unpaired) electrons. The van der Waals surface area contributed by atoms with Crippen LogP contribution in [-0.2, 0) is 28.6 Å². The Bertz CT molecular complexity index is 1050. The number of esters is 2. The number of methoxy groups -OCH3 is 2. The average Bonchev–Trinajstić information content (AvgIpc) is 2.81. The molecule has 1 amide bonds. The zero-order valence-corrected chi connectivity index (χ0v) is 20.7. The smallest absolute Gasteiger partial charge is 0.328 e. The molecule has 190 valence electrons. The van der Waals surface area contributed by atoms with E-state index in [0.29, 0.717) is 17.0 Å². The second-order valence-corrected chi connectivity index (χ2v) is 8.44. The summed E-state index contributed by atoms with van der Waals surface area (Å²) in [6, 6.07) is 4.75. The van der Waals surface area contributed by atoms with E-state index >= 15 is 0 Å².